The molecular formula is C54H35N3O. The normalized spacial score (nSPS) is 11.6. The average molecular weight is 742 g/mol. The van der Waals surface area contributed by atoms with Crippen LogP contribution in [0.4, 0.5) is 17.1 Å². The van der Waals surface area contributed by atoms with Crippen LogP contribution in [0.2, 0.25) is 0 Å². The van der Waals surface area contributed by atoms with E-state index in [4.69, 9.17) is 14.7 Å². The summed E-state index contributed by atoms with van der Waals surface area (Å²) in [6.07, 6.45) is 0. The number of ether oxygens (including phenoxy) is 1. The number of aromatic nitrogens is 2. The number of hydrogen-bond acceptors (Lipinski definition) is 4. The van der Waals surface area contributed by atoms with E-state index in [2.05, 4.69) is 205 Å². The van der Waals surface area contributed by atoms with Gasteiger partial charge in [0.1, 0.15) is 11.5 Å². The van der Waals surface area contributed by atoms with E-state index in [0.29, 0.717) is 5.82 Å². The molecule has 1 aromatic heterocycles. The van der Waals surface area contributed by atoms with Crippen molar-refractivity contribution < 1.29 is 4.74 Å². The van der Waals surface area contributed by atoms with E-state index in [0.717, 1.165) is 83.7 Å². The quantitative estimate of drug-likeness (QED) is 0.163. The van der Waals surface area contributed by atoms with Gasteiger partial charge < -0.3 is 9.64 Å². The Bertz CT molecular complexity index is 3130. The number of para-hydroxylation sites is 2. The SMILES string of the molecule is c1ccc(-c2ccc(N(c3ccccc3)c3ccc4c(c3)-c3cccc5c(-c6nc(-c7cccc(-c8ccccc8)c7)c7ccccc7n6)ccc(c35)O4)cc2)cc1. The van der Waals surface area contributed by atoms with Gasteiger partial charge in [0.05, 0.1) is 11.2 Å². The van der Waals surface area contributed by atoms with Gasteiger partial charge in [-0.05, 0) is 99.9 Å². The molecule has 1 aliphatic rings. The molecule has 1 aliphatic heterocycles. The van der Waals surface area contributed by atoms with E-state index in [1.54, 1.807) is 0 Å². The zero-order valence-electron chi connectivity index (χ0n) is 31.5. The maximum absolute atomic E-state index is 6.71. The minimum atomic E-state index is 0.677. The number of benzene rings is 9. The predicted octanol–water partition coefficient (Wildman–Crippen LogP) is 14.7. The van der Waals surface area contributed by atoms with Crippen LogP contribution >= 0.6 is 0 Å². The molecule has 9 aromatic carbocycles. The Morgan fingerprint density at radius 2 is 0.931 bits per heavy atom. The van der Waals surface area contributed by atoms with Gasteiger partial charge in [-0.1, -0.05) is 146 Å². The molecule has 11 rings (SSSR count). The molecule has 272 valence electrons. The largest absolute Gasteiger partial charge is 0.456 e. The van der Waals surface area contributed by atoms with Crippen molar-refractivity contribution in [1.29, 1.82) is 0 Å². The van der Waals surface area contributed by atoms with Crippen LogP contribution in [0, 0.1) is 0 Å². The molecule has 0 N–H and O–H groups in total. The second kappa shape index (κ2) is 14.0. The zero-order chi connectivity index (χ0) is 38.4. The van der Waals surface area contributed by atoms with Gasteiger partial charge in [-0.25, -0.2) is 9.97 Å². The molecular weight excluding hydrogens is 707 g/mol. The average Bonchev–Trinajstić information content (AvgIpc) is 3.30. The highest BCUT2D eigenvalue weighted by Crippen LogP contribution is 2.50. The number of hydrogen-bond donors (Lipinski definition) is 0. The highest BCUT2D eigenvalue weighted by Gasteiger charge is 2.25. The fourth-order valence-electron chi connectivity index (χ4n) is 8.31. The lowest BCUT2D eigenvalue weighted by Crippen LogP contribution is -2.10. The Morgan fingerprint density at radius 1 is 0.345 bits per heavy atom. The molecule has 4 nitrogen and oxygen atoms in total. The van der Waals surface area contributed by atoms with Crippen LogP contribution in [0.1, 0.15) is 0 Å². The topological polar surface area (TPSA) is 38.2 Å². The van der Waals surface area contributed by atoms with Crippen molar-refractivity contribution in [2.24, 2.45) is 0 Å². The highest BCUT2D eigenvalue weighted by atomic mass is 16.5. The van der Waals surface area contributed by atoms with Crippen LogP contribution in [0.5, 0.6) is 11.5 Å². The first-order valence-electron chi connectivity index (χ1n) is 19.6. The number of nitrogens with zero attached hydrogens (tertiary/aromatic N) is 3. The lowest BCUT2D eigenvalue weighted by atomic mass is 9.91. The second-order valence-electron chi connectivity index (χ2n) is 14.6. The fraction of sp³-hybridized carbons (Fsp3) is 0. The summed E-state index contributed by atoms with van der Waals surface area (Å²) < 4.78 is 6.71. The Labute approximate surface area is 337 Å². The Balaban J connectivity index is 1.03. The first-order chi connectivity index (χ1) is 28.7. The first kappa shape index (κ1) is 33.5. The van der Waals surface area contributed by atoms with Crippen LogP contribution in [-0.4, -0.2) is 9.97 Å². The Kier molecular flexibility index (Phi) is 8.11. The molecule has 0 saturated carbocycles. The van der Waals surface area contributed by atoms with Gasteiger partial charge in [0, 0.05) is 44.5 Å². The Morgan fingerprint density at radius 3 is 1.72 bits per heavy atom. The lowest BCUT2D eigenvalue weighted by molar-refractivity contribution is 0.487. The van der Waals surface area contributed by atoms with E-state index in [1.807, 2.05) is 12.1 Å². The van der Waals surface area contributed by atoms with Crippen molar-refractivity contribution in [3.63, 3.8) is 0 Å². The molecule has 0 saturated heterocycles. The molecule has 10 aromatic rings. The number of fused-ring (bicyclic) bond motifs is 3. The van der Waals surface area contributed by atoms with E-state index < -0.39 is 0 Å². The third-order valence-corrected chi connectivity index (χ3v) is 11.1. The maximum Gasteiger partial charge on any atom is 0.161 e. The summed E-state index contributed by atoms with van der Waals surface area (Å²) in [6.45, 7) is 0. The van der Waals surface area contributed by atoms with Crippen molar-refractivity contribution in [3.05, 3.63) is 212 Å². The van der Waals surface area contributed by atoms with E-state index in [9.17, 15) is 0 Å². The van der Waals surface area contributed by atoms with Gasteiger partial charge in [0.2, 0.25) is 0 Å². The van der Waals surface area contributed by atoms with Crippen molar-refractivity contribution in [3.8, 4) is 67.5 Å². The zero-order valence-corrected chi connectivity index (χ0v) is 31.5. The molecule has 0 aliphatic carbocycles. The summed E-state index contributed by atoms with van der Waals surface area (Å²) in [5, 5.41) is 3.11. The van der Waals surface area contributed by atoms with Crippen LogP contribution in [-0.2, 0) is 0 Å². The first-order valence-corrected chi connectivity index (χ1v) is 19.6. The number of anilines is 3. The molecule has 0 fully saturated rings. The van der Waals surface area contributed by atoms with Crippen molar-refractivity contribution in [1.82, 2.24) is 9.97 Å². The highest BCUT2D eigenvalue weighted by molar-refractivity contribution is 6.10. The van der Waals surface area contributed by atoms with Crippen LogP contribution < -0.4 is 9.64 Å². The van der Waals surface area contributed by atoms with Gasteiger partial charge >= 0.3 is 0 Å². The minimum absolute atomic E-state index is 0.677. The third-order valence-electron chi connectivity index (χ3n) is 11.1. The maximum atomic E-state index is 6.71. The van der Waals surface area contributed by atoms with Crippen molar-refractivity contribution >= 4 is 38.7 Å². The molecule has 58 heavy (non-hydrogen) atoms. The summed E-state index contributed by atoms with van der Waals surface area (Å²) in [5.41, 5.74) is 13.8. The molecule has 0 radical (unpaired) electrons. The molecule has 0 atom stereocenters. The fourth-order valence-corrected chi connectivity index (χ4v) is 8.31. The summed E-state index contributed by atoms with van der Waals surface area (Å²) in [5.74, 6) is 2.32. The van der Waals surface area contributed by atoms with Crippen LogP contribution in [0.25, 0.3) is 77.7 Å². The van der Waals surface area contributed by atoms with E-state index in [1.165, 1.54) is 16.7 Å². The number of rotatable bonds is 7. The third kappa shape index (κ3) is 5.87. The van der Waals surface area contributed by atoms with Gasteiger partial charge in [-0.3, -0.25) is 0 Å². The monoisotopic (exact) mass is 741 g/mol. The lowest BCUT2D eigenvalue weighted by Gasteiger charge is -2.28. The van der Waals surface area contributed by atoms with Gasteiger partial charge in [0.25, 0.3) is 0 Å². The summed E-state index contributed by atoms with van der Waals surface area (Å²) >= 11 is 0. The van der Waals surface area contributed by atoms with Gasteiger partial charge in [-0.2, -0.15) is 0 Å². The van der Waals surface area contributed by atoms with E-state index in [-0.39, 0.29) is 0 Å². The molecule has 0 unspecified atom stereocenters. The molecule has 4 heteroatoms. The molecule has 0 spiro atoms. The second-order valence-corrected chi connectivity index (χ2v) is 14.6. The van der Waals surface area contributed by atoms with Gasteiger partial charge in [-0.15, -0.1) is 0 Å². The molecule has 0 amide bonds. The van der Waals surface area contributed by atoms with Crippen LogP contribution in [0.3, 0.4) is 0 Å². The predicted molar refractivity (Wildman–Crippen MR) is 239 cm³/mol. The molecule has 2 heterocycles. The Hall–Kier alpha value is -7.82. The summed E-state index contributed by atoms with van der Waals surface area (Å²) in [6, 6.07) is 74.4. The smallest absolute Gasteiger partial charge is 0.161 e. The van der Waals surface area contributed by atoms with Crippen LogP contribution in [0.15, 0.2) is 212 Å². The minimum Gasteiger partial charge on any atom is -0.456 e. The standard InChI is InChI=1S/C54H35N3O/c1-4-14-36(15-5-1)38-26-28-42(29-27-38)57(41-20-8-3-9-21-41)43-30-32-50-48(35-43)45-24-13-23-44-46(31-33-51(58-50)52(44)45)54-55-49-25-11-10-22-47(49)53(56-54)40-19-12-18-39(34-40)37-16-6-2-7-17-37/h1-35H. The molecule has 0 bridgehead atoms. The van der Waals surface area contributed by atoms with E-state index >= 15 is 0 Å². The summed E-state index contributed by atoms with van der Waals surface area (Å²) in [4.78, 5) is 12.8. The van der Waals surface area contributed by atoms with Crippen molar-refractivity contribution in [2.75, 3.05) is 4.90 Å². The van der Waals surface area contributed by atoms with Gasteiger partial charge in [0.15, 0.2) is 5.82 Å². The van der Waals surface area contributed by atoms with Crippen molar-refractivity contribution in [2.45, 2.75) is 0 Å². The summed E-state index contributed by atoms with van der Waals surface area (Å²) in [7, 11) is 0.